The van der Waals surface area contributed by atoms with Gasteiger partial charge < -0.3 is 9.80 Å². The lowest BCUT2D eigenvalue weighted by Gasteiger charge is -2.29. The Kier molecular flexibility index (Phi) is 14.7. The van der Waals surface area contributed by atoms with E-state index in [0.29, 0.717) is 0 Å². The highest BCUT2D eigenvalue weighted by molar-refractivity contribution is 6.16. The van der Waals surface area contributed by atoms with Crippen LogP contribution in [0.4, 0.5) is 34.1 Å². The Labute approximate surface area is 544 Å². The number of nitrogens with zero attached hydrogens (tertiary/aromatic N) is 2. The van der Waals surface area contributed by atoms with Gasteiger partial charge in [0.05, 0.1) is 0 Å². The third-order valence-electron chi connectivity index (χ3n) is 18.9. The number of hydrogen-bond donors (Lipinski definition) is 0. The third kappa shape index (κ3) is 10.7. The van der Waals surface area contributed by atoms with Crippen LogP contribution in [0, 0.1) is 0 Å². The number of fused-ring (bicyclic) bond motifs is 9. The number of anilines is 6. The van der Waals surface area contributed by atoms with Crippen LogP contribution < -0.4 is 9.80 Å². The summed E-state index contributed by atoms with van der Waals surface area (Å²) >= 11 is 0. The van der Waals surface area contributed by atoms with E-state index in [0.717, 1.165) is 34.1 Å². The van der Waals surface area contributed by atoms with Crippen molar-refractivity contribution in [2.45, 2.75) is 19.3 Å². The average molecular weight is 1190 g/mol. The molecule has 0 saturated heterocycles. The fourth-order valence-electron chi connectivity index (χ4n) is 14.2. The Morgan fingerprint density at radius 2 is 0.484 bits per heavy atom. The van der Waals surface area contributed by atoms with E-state index in [-0.39, 0.29) is 5.41 Å². The number of rotatable bonds is 11. The van der Waals surface area contributed by atoms with Gasteiger partial charge in [-0.1, -0.05) is 293 Å². The molecule has 440 valence electrons. The van der Waals surface area contributed by atoms with Gasteiger partial charge in [0.15, 0.2) is 0 Å². The quantitative estimate of drug-likeness (QED) is 0.119. The summed E-state index contributed by atoms with van der Waals surface area (Å²) < 4.78 is 0. The molecule has 0 N–H and O–H groups in total. The summed E-state index contributed by atoms with van der Waals surface area (Å²) in [5.74, 6) is 0. The average Bonchev–Trinajstić information content (AvgIpc) is 1.69. The van der Waals surface area contributed by atoms with Crippen LogP contribution >= 0.6 is 0 Å². The molecule has 0 saturated carbocycles. The van der Waals surface area contributed by atoms with E-state index in [2.05, 4.69) is 388 Å². The van der Waals surface area contributed by atoms with Gasteiger partial charge in [-0.2, -0.15) is 0 Å². The molecule has 0 unspecified atom stereocenters. The van der Waals surface area contributed by atoms with Gasteiger partial charge in [-0.05, 0) is 206 Å². The van der Waals surface area contributed by atoms with Crippen LogP contribution in [0.2, 0.25) is 0 Å². The van der Waals surface area contributed by atoms with E-state index in [4.69, 9.17) is 0 Å². The first-order chi connectivity index (χ1) is 45.9. The first kappa shape index (κ1) is 56.4. The second-order valence-electron chi connectivity index (χ2n) is 24.8. The Bertz CT molecular complexity index is 5270. The number of benzene rings is 16. The lowest BCUT2D eigenvalue weighted by Crippen LogP contribution is -2.16. The van der Waals surface area contributed by atoms with Gasteiger partial charge >= 0.3 is 0 Å². The molecule has 0 amide bonds. The molecule has 0 heterocycles. The summed E-state index contributed by atoms with van der Waals surface area (Å²) in [6.45, 7) is 4.71. The molecular weight excluding hydrogens is 1120 g/mol. The molecule has 2 nitrogen and oxygen atoms in total. The zero-order chi connectivity index (χ0) is 62.2. The first-order valence-corrected chi connectivity index (χ1v) is 32.2. The highest BCUT2D eigenvalue weighted by atomic mass is 15.1. The lowest BCUT2D eigenvalue weighted by atomic mass is 9.82. The van der Waals surface area contributed by atoms with Crippen LogP contribution in [-0.2, 0) is 5.41 Å². The highest BCUT2D eigenvalue weighted by Crippen LogP contribution is 2.51. The minimum Gasteiger partial charge on any atom is -0.310 e. The zero-order valence-corrected chi connectivity index (χ0v) is 52.0. The standard InChI is InChI=1S/C47H35N.C44H31N/c1-47(2)45-20-12-11-19-41(45)42-28-26-38(31-46(42)47)48(36-23-21-33(22-24-36)32-13-5-3-6-14-32)37-25-27-40-43(34-15-7-4-8-16-34)29-35-17-9-10-18-39(35)44(40)30-37;1-4-12-32(13-5-1)34-20-24-38(25-21-34)45(39-26-22-35(23-27-39)33-14-6-2-7-15-33)40-28-29-42-43(36-16-8-3-9-17-36)30-37-18-10-11-19-41(37)44(42)31-40/h3-31H,1-2H3;1-31H. The van der Waals surface area contributed by atoms with Crippen molar-refractivity contribution in [3.05, 3.63) is 375 Å². The lowest BCUT2D eigenvalue weighted by molar-refractivity contribution is 0.660. The predicted octanol–water partition coefficient (Wildman–Crippen LogP) is 25.6. The van der Waals surface area contributed by atoms with Crippen molar-refractivity contribution in [3.8, 4) is 66.8 Å². The van der Waals surface area contributed by atoms with Crippen molar-refractivity contribution in [3.63, 3.8) is 0 Å². The summed E-state index contributed by atoms with van der Waals surface area (Å²) in [6, 6.07) is 132. The van der Waals surface area contributed by atoms with Crippen LogP contribution in [0.5, 0.6) is 0 Å². The summed E-state index contributed by atoms with van der Waals surface area (Å²) in [5, 5.41) is 10.0. The minimum absolute atomic E-state index is 0.0883. The molecule has 93 heavy (non-hydrogen) atoms. The summed E-state index contributed by atoms with van der Waals surface area (Å²) in [7, 11) is 0. The van der Waals surface area contributed by atoms with Crippen LogP contribution in [0.1, 0.15) is 25.0 Å². The molecular formula is C91H66N2. The normalized spacial score (nSPS) is 12.1. The van der Waals surface area contributed by atoms with Crippen LogP contribution in [0.15, 0.2) is 364 Å². The molecule has 1 aliphatic carbocycles. The third-order valence-corrected chi connectivity index (χ3v) is 18.9. The Hall–Kier alpha value is -11.8. The second-order valence-corrected chi connectivity index (χ2v) is 24.8. The van der Waals surface area contributed by atoms with Crippen molar-refractivity contribution >= 4 is 77.2 Å². The van der Waals surface area contributed by atoms with E-state index in [1.807, 2.05) is 0 Å². The maximum absolute atomic E-state index is 2.43. The Morgan fingerprint density at radius 3 is 0.903 bits per heavy atom. The van der Waals surface area contributed by atoms with Gasteiger partial charge in [-0.3, -0.25) is 0 Å². The molecule has 2 heteroatoms. The fourth-order valence-corrected chi connectivity index (χ4v) is 14.2. The smallest absolute Gasteiger partial charge is 0.0468 e. The summed E-state index contributed by atoms with van der Waals surface area (Å²) in [6.07, 6.45) is 0. The van der Waals surface area contributed by atoms with E-state index >= 15 is 0 Å². The molecule has 0 radical (unpaired) electrons. The maximum Gasteiger partial charge on any atom is 0.0468 e. The molecule has 1 aliphatic rings. The molecule has 0 bridgehead atoms. The predicted molar refractivity (Wildman–Crippen MR) is 397 cm³/mol. The van der Waals surface area contributed by atoms with Crippen molar-refractivity contribution in [1.29, 1.82) is 0 Å². The summed E-state index contributed by atoms with van der Waals surface area (Å²) in [4.78, 5) is 4.80. The monoisotopic (exact) mass is 1190 g/mol. The van der Waals surface area contributed by atoms with E-state index in [1.54, 1.807) is 0 Å². The van der Waals surface area contributed by atoms with E-state index < -0.39 is 0 Å². The Morgan fingerprint density at radius 1 is 0.183 bits per heavy atom. The molecule has 17 rings (SSSR count). The topological polar surface area (TPSA) is 6.48 Å². The van der Waals surface area contributed by atoms with Gasteiger partial charge in [0.2, 0.25) is 0 Å². The number of hydrogen-bond acceptors (Lipinski definition) is 2. The highest BCUT2D eigenvalue weighted by Gasteiger charge is 2.36. The van der Waals surface area contributed by atoms with Crippen LogP contribution in [0.25, 0.3) is 110 Å². The van der Waals surface area contributed by atoms with Crippen molar-refractivity contribution in [2.24, 2.45) is 0 Å². The van der Waals surface area contributed by atoms with Gasteiger partial charge in [-0.25, -0.2) is 0 Å². The molecule has 16 aromatic carbocycles. The fraction of sp³-hybridized carbons (Fsp3) is 0.0330. The molecule has 0 aliphatic heterocycles. The van der Waals surface area contributed by atoms with E-state index in [9.17, 15) is 0 Å². The van der Waals surface area contributed by atoms with Gasteiger partial charge in [0, 0.05) is 39.5 Å². The SMILES string of the molecule is CC1(C)c2ccccc2-c2ccc(N(c3ccc(-c4ccccc4)cc3)c3ccc4c(-c5ccccc5)cc5ccccc5c4c3)cc21.c1ccc(-c2ccc(N(c3ccc(-c4ccccc4)cc3)c3ccc4c(-c5ccccc5)cc5ccccc5c4c3)cc2)cc1. The summed E-state index contributed by atoms with van der Waals surface area (Å²) in [5.41, 5.74) is 24.4. The molecule has 16 aromatic rings. The van der Waals surface area contributed by atoms with Crippen molar-refractivity contribution in [1.82, 2.24) is 0 Å². The van der Waals surface area contributed by atoms with Crippen LogP contribution in [0.3, 0.4) is 0 Å². The van der Waals surface area contributed by atoms with Gasteiger partial charge in [-0.15, -0.1) is 0 Å². The van der Waals surface area contributed by atoms with Crippen molar-refractivity contribution < 1.29 is 0 Å². The minimum atomic E-state index is -0.0883. The van der Waals surface area contributed by atoms with Gasteiger partial charge in [0.25, 0.3) is 0 Å². The maximum atomic E-state index is 2.43. The van der Waals surface area contributed by atoms with Gasteiger partial charge in [0.1, 0.15) is 0 Å². The largest absolute Gasteiger partial charge is 0.310 e. The van der Waals surface area contributed by atoms with Crippen molar-refractivity contribution in [2.75, 3.05) is 9.80 Å². The van der Waals surface area contributed by atoms with Crippen LogP contribution in [-0.4, -0.2) is 0 Å². The molecule has 0 spiro atoms. The Balaban J connectivity index is 0.000000148. The zero-order valence-electron chi connectivity index (χ0n) is 52.0. The molecule has 0 atom stereocenters. The van der Waals surface area contributed by atoms with E-state index in [1.165, 1.54) is 121 Å². The molecule has 0 aromatic heterocycles. The second kappa shape index (κ2) is 24.2. The first-order valence-electron chi connectivity index (χ1n) is 32.2. The molecule has 0 fully saturated rings.